The predicted octanol–water partition coefficient (Wildman–Crippen LogP) is 4.53. The second kappa shape index (κ2) is 19.5. The van der Waals surface area contributed by atoms with E-state index >= 15 is 0 Å². The molecule has 4 amide bonds. The summed E-state index contributed by atoms with van der Waals surface area (Å²) < 4.78 is 20.3. The molecule has 0 aromatic heterocycles. The largest absolute Gasteiger partial charge is 0.444 e. The Morgan fingerprint density at radius 3 is 1.09 bits per heavy atom. The van der Waals surface area contributed by atoms with Crippen LogP contribution in [0.4, 0.5) is 19.2 Å². The zero-order valence-electron chi connectivity index (χ0n) is 29.9. The van der Waals surface area contributed by atoms with Crippen LogP contribution in [0.3, 0.4) is 0 Å². The van der Waals surface area contributed by atoms with Gasteiger partial charge >= 0.3 is 24.4 Å². The van der Waals surface area contributed by atoms with E-state index in [4.69, 9.17) is 18.9 Å². The lowest BCUT2D eigenvalue weighted by Gasteiger charge is -2.22. The molecule has 0 aliphatic heterocycles. The Labute approximate surface area is 272 Å². The topological polar surface area (TPSA) is 215 Å². The van der Waals surface area contributed by atoms with Gasteiger partial charge in [-0.25, -0.2) is 29.2 Å². The van der Waals surface area contributed by atoms with Gasteiger partial charge in [0.2, 0.25) is 11.9 Å². The minimum absolute atomic E-state index is 0.0252. The first-order valence-corrected chi connectivity index (χ1v) is 14.9. The molecule has 16 nitrogen and oxygen atoms in total. The normalized spacial score (nSPS) is 12.1. The highest BCUT2D eigenvalue weighted by molar-refractivity contribution is 6.02. The third kappa shape index (κ3) is 28.8. The van der Waals surface area contributed by atoms with Gasteiger partial charge in [-0.15, -0.1) is 0 Å². The van der Waals surface area contributed by atoms with Crippen LogP contribution >= 0.6 is 0 Å². The number of ketones is 1. The van der Waals surface area contributed by atoms with Crippen LogP contribution in [0.1, 0.15) is 110 Å². The fourth-order valence-corrected chi connectivity index (χ4v) is 2.43. The van der Waals surface area contributed by atoms with Crippen molar-refractivity contribution < 1.29 is 48.0 Å². The van der Waals surface area contributed by atoms with E-state index in [0.29, 0.717) is 12.8 Å². The molecule has 0 aliphatic rings. The highest BCUT2D eigenvalue weighted by Crippen LogP contribution is 2.09. The van der Waals surface area contributed by atoms with Gasteiger partial charge in [-0.05, 0) is 89.5 Å². The maximum Gasteiger partial charge on any atom is 0.414 e. The molecule has 0 aromatic rings. The number of amides is 4. The van der Waals surface area contributed by atoms with Gasteiger partial charge in [-0.1, -0.05) is 13.8 Å². The van der Waals surface area contributed by atoms with Crippen molar-refractivity contribution in [2.75, 3.05) is 13.1 Å². The Morgan fingerprint density at radius 1 is 0.565 bits per heavy atom. The number of nitrogens with one attached hydrogen (secondary N) is 4. The first-order chi connectivity index (χ1) is 20.6. The van der Waals surface area contributed by atoms with Crippen molar-refractivity contribution >= 4 is 42.1 Å². The molecule has 0 saturated heterocycles. The Bertz CT molecular complexity index is 1010. The monoisotopic (exact) mass is 660 g/mol. The summed E-state index contributed by atoms with van der Waals surface area (Å²) in [4.78, 5) is 66.3. The number of guanidine groups is 2. The van der Waals surface area contributed by atoms with E-state index in [1.807, 2.05) is 0 Å². The van der Waals surface area contributed by atoms with Crippen molar-refractivity contribution in [2.24, 2.45) is 9.98 Å². The van der Waals surface area contributed by atoms with E-state index in [1.54, 1.807) is 96.9 Å². The SMILES string of the molecule is CCC(=O)CN=C(NC(=O)OC(C)(C)C)NC(=O)OC(C)(C)C.CCC(O)CN=C(NC(=O)OC(C)(C)C)NC(=O)OC(C)(C)C. The molecule has 266 valence electrons. The van der Waals surface area contributed by atoms with Gasteiger partial charge in [0.15, 0.2) is 5.78 Å². The number of rotatable bonds is 6. The van der Waals surface area contributed by atoms with Crippen molar-refractivity contribution in [1.29, 1.82) is 0 Å². The van der Waals surface area contributed by atoms with Crippen molar-refractivity contribution in [3.8, 4) is 0 Å². The Hall–Kier alpha value is -3.95. The maximum absolute atomic E-state index is 11.8. The molecule has 1 atom stereocenters. The lowest BCUT2D eigenvalue weighted by Crippen LogP contribution is -2.47. The number of nitrogens with zero attached hydrogens (tertiary/aromatic N) is 2. The number of Topliss-reactive ketones (excluding diaryl/α,β-unsaturated/α-hetero) is 1. The molecular formula is C30H56N6O10. The molecule has 0 saturated carbocycles. The third-order valence-corrected chi connectivity index (χ3v) is 4.22. The van der Waals surface area contributed by atoms with Crippen molar-refractivity contribution in [1.82, 2.24) is 21.3 Å². The smallest absolute Gasteiger partial charge is 0.414 e. The van der Waals surface area contributed by atoms with Crippen LogP contribution in [0.25, 0.3) is 0 Å². The minimum Gasteiger partial charge on any atom is -0.444 e. The van der Waals surface area contributed by atoms with E-state index in [9.17, 15) is 29.1 Å². The molecule has 0 fully saturated rings. The summed E-state index contributed by atoms with van der Waals surface area (Å²) in [6, 6.07) is 0. The molecule has 5 N–H and O–H groups in total. The fourth-order valence-electron chi connectivity index (χ4n) is 2.43. The van der Waals surface area contributed by atoms with Crippen molar-refractivity contribution in [3.05, 3.63) is 0 Å². The highest BCUT2D eigenvalue weighted by atomic mass is 16.6. The molecule has 0 aliphatic carbocycles. The van der Waals surface area contributed by atoms with Crippen LogP contribution in [0.15, 0.2) is 9.98 Å². The molecule has 46 heavy (non-hydrogen) atoms. The Kier molecular flexibility index (Phi) is 18.8. The number of alkyl carbamates (subject to hydrolysis) is 4. The molecule has 0 radical (unpaired) electrons. The Morgan fingerprint density at radius 2 is 0.848 bits per heavy atom. The minimum atomic E-state index is -0.795. The molecule has 0 aromatic carbocycles. The van der Waals surface area contributed by atoms with Gasteiger partial charge in [0.1, 0.15) is 28.9 Å². The zero-order chi connectivity index (χ0) is 36.5. The second-order valence-electron chi connectivity index (χ2n) is 13.8. The molecule has 0 spiro atoms. The lowest BCUT2D eigenvalue weighted by atomic mass is 10.2. The summed E-state index contributed by atoms with van der Waals surface area (Å²) in [5.74, 6) is -0.476. The van der Waals surface area contributed by atoms with Crippen LogP contribution in [0.2, 0.25) is 0 Å². The summed E-state index contributed by atoms with van der Waals surface area (Å²) in [6.45, 7) is 23.8. The average Bonchev–Trinajstić information content (AvgIpc) is 2.80. The van der Waals surface area contributed by atoms with Gasteiger partial charge in [-0.3, -0.25) is 26.1 Å². The molecule has 0 heterocycles. The number of carbonyl (C=O) groups excluding carboxylic acids is 5. The van der Waals surface area contributed by atoms with Gasteiger partial charge in [0.05, 0.1) is 12.6 Å². The Balaban J connectivity index is 0. The van der Waals surface area contributed by atoms with Crippen LogP contribution in [0, 0.1) is 0 Å². The average molecular weight is 661 g/mol. The van der Waals surface area contributed by atoms with E-state index in [-0.39, 0.29) is 30.8 Å². The number of hydrogen-bond acceptors (Lipinski definition) is 12. The first-order valence-electron chi connectivity index (χ1n) is 14.9. The lowest BCUT2D eigenvalue weighted by molar-refractivity contribution is -0.117. The summed E-state index contributed by atoms with van der Waals surface area (Å²) >= 11 is 0. The van der Waals surface area contributed by atoms with Crippen LogP contribution in [-0.4, -0.2) is 88.8 Å². The summed E-state index contributed by atoms with van der Waals surface area (Å²) in [5.41, 5.74) is -2.80. The number of aliphatic imine (C=N–C) groups is 2. The maximum atomic E-state index is 11.8. The second-order valence-corrected chi connectivity index (χ2v) is 13.8. The van der Waals surface area contributed by atoms with Crippen LogP contribution < -0.4 is 21.3 Å². The van der Waals surface area contributed by atoms with Crippen molar-refractivity contribution in [3.63, 3.8) is 0 Å². The molecule has 0 rings (SSSR count). The van der Waals surface area contributed by atoms with E-state index in [0.717, 1.165) is 0 Å². The number of hydrogen-bond donors (Lipinski definition) is 5. The molecule has 16 heteroatoms. The van der Waals surface area contributed by atoms with E-state index in [1.165, 1.54) is 0 Å². The number of carbonyl (C=O) groups is 5. The fraction of sp³-hybridized carbons (Fsp3) is 0.767. The van der Waals surface area contributed by atoms with Gasteiger partial charge < -0.3 is 24.1 Å². The van der Waals surface area contributed by atoms with Crippen molar-refractivity contribution in [2.45, 2.75) is 138 Å². The van der Waals surface area contributed by atoms with E-state index < -0.39 is 52.9 Å². The number of aliphatic hydroxyl groups excluding tert-OH is 1. The summed E-state index contributed by atoms with van der Waals surface area (Å²) in [5, 5.41) is 18.8. The first kappa shape index (κ1) is 44.2. The summed E-state index contributed by atoms with van der Waals surface area (Å²) in [6.07, 6.45) is -3.00. The number of ether oxygens (including phenoxy) is 4. The predicted molar refractivity (Wildman–Crippen MR) is 174 cm³/mol. The quantitative estimate of drug-likeness (QED) is 0.152. The third-order valence-electron chi connectivity index (χ3n) is 4.22. The van der Waals surface area contributed by atoms with Gasteiger partial charge in [0, 0.05) is 6.42 Å². The summed E-state index contributed by atoms with van der Waals surface area (Å²) in [7, 11) is 0. The van der Waals surface area contributed by atoms with Crippen LogP contribution in [-0.2, 0) is 23.7 Å². The van der Waals surface area contributed by atoms with Crippen LogP contribution in [0.5, 0.6) is 0 Å². The standard InChI is InChI=1S/C15H29N3O5.C15H27N3O5/c2*1-8-10(19)9-16-11(17-12(20)22-14(2,3)4)18-13(21)23-15(5,6)7/h10,19H,8-9H2,1-7H3,(H2,16,17,18,20,21);8-9H2,1-7H3,(H2,16,17,18,20,21). The molecule has 1 unspecified atom stereocenters. The van der Waals surface area contributed by atoms with Gasteiger partial charge in [0.25, 0.3) is 0 Å². The zero-order valence-corrected chi connectivity index (χ0v) is 29.9. The van der Waals surface area contributed by atoms with E-state index in [2.05, 4.69) is 31.3 Å². The van der Waals surface area contributed by atoms with Gasteiger partial charge in [-0.2, -0.15) is 0 Å². The number of aliphatic hydroxyl groups is 1. The molecular weight excluding hydrogens is 604 g/mol. The highest BCUT2D eigenvalue weighted by Gasteiger charge is 2.23. The molecule has 0 bridgehead atoms.